The quantitative estimate of drug-likeness (QED) is 0.128. The standard InChI is InChI=1S/C96H60N2S2Si2/c1-5-21-69(22-6-1)101(70-23-7-2-8-24-70)93-35-19-15-31-75(93)77-45-43-67(59-95(77)101)97-85-47-37-61(53-79(85)81-55-63(39-49-87(81)97)65-41-51-91-83(57-65)73-29-13-17-33-89(73)99-91)62-38-48-86-80(54-62)82-56-64(66-42-52-92-84(58-66)74-30-14-18-34-90(74)100-92)40-50-88(82)98(86)68-44-46-78-76-32-16-20-36-94(76)102(96(78)60-68,71-25-9-3-10-26-71)72-27-11-4-12-28-72/h1-60H. The predicted molar refractivity (Wildman–Crippen MR) is 442 cm³/mol. The molecule has 0 radical (unpaired) electrons. The molecule has 0 bridgehead atoms. The zero-order valence-electron chi connectivity index (χ0n) is 55.4. The van der Waals surface area contributed by atoms with Crippen molar-refractivity contribution in [1.82, 2.24) is 9.13 Å². The van der Waals surface area contributed by atoms with E-state index in [1.807, 2.05) is 22.7 Å². The molecule has 16 aromatic carbocycles. The highest BCUT2D eigenvalue weighted by Crippen LogP contribution is 2.45. The maximum absolute atomic E-state index is 2.82. The lowest BCUT2D eigenvalue weighted by Crippen LogP contribution is -2.72. The van der Waals surface area contributed by atoms with Gasteiger partial charge in [0.05, 0.1) is 22.1 Å². The Kier molecular flexibility index (Phi) is 12.6. The van der Waals surface area contributed by atoms with E-state index in [1.54, 1.807) is 0 Å². The van der Waals surface area contributed by atoms with Crippen molar-refractivity contribution in [3.63, 3.8) is 0 Å². The predicted octanol–water partition coefficient (Wildman–Crippen LogP) is 20.3. The molecule has 0 atom stereocenters. The summed E-state index contributed by atoms with van der Waals surface area (Å²) in [5.74, 6) is 0. The zero-order valence-corrected chi connectivity index (χ0v) is 59.0. The lowest BCUT2D eigenvalue weighted by molar-refractivity contribution is 1.18. The summed E-state index contributed by atoms with van der Waals surface area (Å²) >= 11 is 3.75. The maximum Gasteiger partial charge on any atom is 0.180 e. The van der Waals surface area contributed by atoms with Gasteiger partial charge in [0.15, 0.2) is 16.1 Å². The van der Waals surface area contributed by atoms with Crippen molar-refractivity contribution >= 4 is 164 Å². The molecule has 0 fully saturated rings. The van der Waals surface area contributed by atoms with E-state index in [2.05, 4.69) is 373 Å². The van der Waals surface area contributed by atoms with Crippen LogP contribution in [0.25, 0.3) is 151 Å². The van der Waals surface area contributed by atoms with Gasteiger partial charge in [-0.25, -0.2) is 0 Å². The first kappa shape index (κ1) is 57.9. The van der Waals surface area contributed by atoms with Gasteiger partial charge >= 0.3 is 0 Å². The molecule has 20 aromatic rings. The van der Waals surface area contributed by atoms with E-state index >= 15 is 0 Å². The van der Waals surface area contributed by atoms with Crippen molar-refractivity contribution in [3.8, 4) is 67.0 Å². The molecule has 2 aliphatic rings. The van der Waals surface area contributed by atoms with E-state index in [9.17, 15) is 0 Å². The second-order valence-corrected chi connectivity index (χ2v) is 37.4. The van der Waals surface area contributed by atoms with Gasteiger partial charge in [0.25, 0.3) is 0 Å². The minimum Gasteiger partial charge on any atom is -0.309 e. The Morgan fingerprint density at radius 1 is 0.186 bits per heavy atom. The fraction of sp³-hybridized carbons (Fsp3) is 0. The molecule has 0 unspecified atom stereocenters. The summed E-state index contributed by atoms with van der Waals surface area (Å²) in [4.78, 5) is 0. The van der Waals surface area contributed by atoms with Gasteiger partial charge in [0.2, 0.25) is 0 Å². The first-order valence-electron chi connectivity index (χ1n) is 35.3. The van der Waals surface area contributed by atoms with Crippen LogP contribution in [-0.4, -0.2) is 25.3 Å². The summed E-state index contributed by atoms with van der Waals surface area (Å²) < 4.78 is 10.4. The Labute approximate surface area is 599 Å². The summed E-state index contributed by atoms with van der Waals surface area (Å²) in [7, 11) is -5.63. The van der Waals surface area contributed by atoms with Crippen LogP contribution in [0.15, 0.2) is 364 Å². The van der Waals surface area contributed by atoms with E-state index in [0.29, 0.717) is 0 Å². The molecule has 0 saturated heterocycles. The molecule has 0 saturated carbocycles. The number of aromatic nitrogens is 2. The van der Waals surface area contributed by atoms with Crippen molar-refractivity contribution in [2.75, 3.05) is 0 Å². The third-order valence-electron chi connectivity index (χ3n) is 22.7. The Balaban J connectivity index is 0.765. The van der Waals surface area contributed by atoms with Gasteiger partial charge in [-0.3, -0.25) is 0 Å². The molecule has 22 rings (SSSR count). The highest BCUT2D eigenvalue weighted by Gasteiger charge is 2.50. The van der Waals surface area contributed by atoms with Gasteiger partial charge in [0, 0.05) is 73.3 Å². The second kappa shape index (κ2) is 22.2. The van der Waals surface area contributed by atoms with E-state index in [-0.39, 0.29) is 0 Å². The normalized spacial score (nSPS) is 13.5. The molecular formula is C96H60N2S2Si2. The first-order valence-corrected chi connectivity index (χ1v) is 40.9. The lowest BCUT2D eigenvalue weighted by atomic mass is 9.98. The fourth-order valence-corrected chi connectivity index (χ4v) is 30.9. The zero-order chi connectivity index (χ0) is 66.8. The van der Waals surface area contributed by atoms with Crippen molar-refractivity contribution in [2.24, 2.45) is 0 Å². The topological polar surface area (TPSA) is 9.86 Å². The smallest absolute Gasteiger partial charge is 0.180 e. The Morgan fingerprint density at radius 2 is 0.461 bits per heavy atom. The average molecular weight is 1360 g/mol. The van der Waals surface area contributed by atoms with Crippen LogP contribution in [0.3, 0.4) is 0 Å². The number of hydrogen-bond donors (Lipinski definition) is 0. The van der Waals surface area contributed by atoms with Crippen molar-refractivity contribution in [2.45, 2.75) is 0 Å². The molecule has 0 amide bonds. The van der Waals surface area contributed by atoms with Crippen molar-refractivity contribution < 1.29 is 0 Å². The summed E-state index contributed by atoms with van der Waals surface area (Å²) in [6, 6.07) is 140. The molecule has 102 heavy (non-hydrogen) atoms. The monoisotopic (exact) mass is 1360 g/mol. The number of thiophene rings is 2. The second-order valence-electron chi connectivity index (χ2n) is 27.7. The highest BCUT2D eigenvalue weighted by atomic mass is 32.1. The summed E-state index contributed by atoms with van der Waals surface area (Å²) in [5, 5.41) is 21.4. The Hall–Kier alpha value is -12.0. The van der Waals surface area contributed by atoms with E-state index in [4.69, 9.17) is 0 Å². The van der Waals surface area contributed by atoms with Gasteiger partial charge in [-0.15, -0.1) is 22.7 Å². The molecule has 474 valence electrons. The van der Waals surface area contributed by atoms with Gasteiger partial charge in [-0.05, 0) is 206 Å². The Morgan fingerprint density at radius 3 is 0.814 bits per heavy atom. The summed E-state index contributed by atoms with van der Waals surface area (Å²) in [6.07, 6.45) is 0. The highest BCUT2D eigenvalue weighted by molar-refractivity contribution is 7.26. The van der Waals surface area contributed by atoms with Gasteiger partial charge in [-0.1, -0.05) is 255 Å². The minimum atomic E-state index is -2.82. The summed E-state index contributed by atoms with van der Waals surface area (Å²) in [6.45, 7) is 0. The third kappa shape index (κ3) is 8.26. The molecule has 0 N–H and O–H groups in total. The number of rotatable bonds is 9. The van der Waals surface area contributed by atoms with E-state index in [0.717, 1.165) is 11.4 Å². The molecule has 2 nitrogen and oxygen atoms in total. The van der Waals surface area contributed by atoms with Crippen LogP contribution in [0, 0.1) is 0 Å². The molecule has 0 aliphatic carbocycles. The Bertz CT molecular complexity index is 6390. The van der Waals surface area contributed by atoms with Gasteiger partial charge in [0.1, 0.15) is 0 Å². The van der Waals surface area contributed by atoms with Crippen LogP contribution in [-0.2, 0) is 0 Å². The third-order valence-corrected chi connectivity index (χ3v) is 34.7. The van der Waals surface area contributed by atoms with Crippen LogP contribution in [0.2, 0.25) is 0 Å². The van der Waals surface area contributed by atoms with E-state index < -0.39 is 16.1 Å². The SMILES string of the molecule is c1ccc([Si]2(c3ccccc3)c3ccccc3-c3ccc(-n4c5ccc(-c6ccc7sc8ccccc8c7c6)cc5c5cc(-c6ccc7c(c6)c6cc(-c8ccc9sc%10ccccc%10c9c8)ccc6n7-c6ccc7c(c6)[Si](c6ccccc6)(c6ccccc6)c6ccccc6-7)ccc54)cc32)cc1. The molecule has 2 aliphatic heterocycles. The fourth-order valence-electron chi connectivity index (χ4n) is 18.3. The molecule has 6 heterocycles. The molecule has 4 aromatic heterocycles. The molecular weight excluding hydrogens is 1300 g/mol. The van der Waals surface area contributed by atoms with Crippen molar-refractivity contribution in [3.05, 3.63) is 364 Å². The summed E-state index contributed by atoms with van der Waals surface area (Å²) in [5.41, 5.74) is 19.5. The number of fused-ring (bicyclic) bond motifs is 18. The average Bonchev–Trinajstić information content (AvgIpc) is 1.53. The van der Waals surface area contributed by atoms with Crippen molar-refractivity contribution in [1.29, 1.82) is 0 Å². The van der Waals surface area contributed by atoms with E-state index in [1.165, 1.54) is 181 Å². The number of benzene rings is 16. The van der Waals surface area contributed by atoms with Crippen LogP contribution in [0.5, 0.6) is 0 Å². The van der Waals surface area contributed by atoms with Crippen LogP contribution in [0.4, 0.5) is 0 Å². The van der Waals surface area contributed by atoms with Crippen LogP contribution >= 0.6 is 22.7 Å². The van der Waals surface area contributed by atoms with Crippen LogP contribution < -0.4 is 41.5 Å². The largest absolute Gasteiger partial charge is 0.309 e. The maximum atomic E-state index is 2.57. The van der Waals surface area contributed by atoms with Gasteiger partial charge < -0.3 is 9.13 Å². The molecule has 0 spiro atoms. The molecule has 6 heteroatoms. The lowest BCUT2D eigenvalue weighted by Gasteiger charge is -2.31. The van der Waals surface area contributed by atoms with Gasteiger partial charge in [-0.2, -0.15) is 0 Å². The first-order chi connectivity index (χ1) is 50.5. The number of hydrogen-bond acceptors (Lipinski definition) is 2. The number of nitrogens with zero attached hydrogens (tertiary/aromatic N) is 2. The van der Waals surface area contributed by atoms with Crippen LogP contribution in [0.1, 0.15) is 0 Å². The minimum absolute atomic E-state index is 1.16.